The van der Waals surface area contributed by atoms with Crippen LogP contribution in [0.15, 0.2) is 42.5 Å². The van der Waals surface area contributed by atoms with E-state index in [0.29, 0.717) is 27.7 Å². The normalized spacial score (nSPS) is 15.1. The number of aryl methyl sites for hydroxylation is 1. The molecule has 1 atom stereocenters. The number of halogens is 2. The van der Waals surface area contributed by atoms with Crippen molar-refractivity contribution in [3.63, 3.8) is 0 Å². The van der Waals surface area contributed by atoms with E-state index in [2.05, 4.69) is 5.32 Å². The lowest BCUT2D eigenvalue weighted by Crippen LogP contribution is -2.54. The molecule has 10 heteroatoms. The van der Waals surface area contributed by atoms with E-state index in [9.17, 15) is 18.0 Å². The number of benzene rings is 2. The number of hydrogen-bond donors (Lipinski definition) is 1. The molecule has 2 aromatic carbocycles. The second-order valence-electron chi connectivity index (χ2n) is 9.81. The summed E-state index contributed by atoms with van der Waals surface area (Å²) >= 11 is 12.5. The largest absolute Gasteiger partial charge is 0.352 e. The van der Waals surface area contributed by atoms with Gasteiger partial charge in [0.25, 0.3) is 0 Å². The molecule has 3 rings (SSSR count). The average molecular weight is 583 g/mol. The van der Waals surface area contributed by atoms with Crippen LogP contribution in [0, 0.1) is 0 Å². The van der Waals surface area contributed by atoms with Crippen LogP contribution in [-0.4, -0.2) is 50.0 Å². The van der Waals surface area contributed by atoms with Crippen LogP contribution < -0.4 is 9.62 Å². The summed E-state index contributed by atoms with van der Waals surface area (Å²) in [6, 6.07) is 11.3. The molecule has 0 spiro atoms. The van der Waals surface area contributed by atoms with E-state index in [1.54, 1.807) is 30.3 Å². The van der Waals surface area contributed by atoms with Crippen molar-refractivity contribution in [1.82, 2.24) is 10.2 Å². The summed E-state index contributed by atoms with van der Waals surface area (Å²) in [4.78, 5) is 28.7. The van der Waals surface area contributed by atoms with Gasteiger partial charge in [-0.1, -0.05) is 74.5 Å². The van der Waals surface area contributed by atoms with E-state index in [1.807, 2.05) is 26.0 Å². The number of amides is 2. The van der Waals surface area contributed by atoms with Crippen LogP contribution in [0.25, 0.3) is 0 Å². The Labute approximate surface area is 236 Å². The van der Waals surface area contributed by atoms with Gasteiger partial charge in [0.2, 0.25) is 21.8 Å². The van der Waals surface area contributed by atoms with Crippen LogP contribution in [0.4, 0.5) is 5.69 Å². The van der Waals surface area contributed by atoms with Gasteiger partial charge >= 0.3 is 0 Å². The van der Waals surface area contributed by atoms with Crippen molar-refractivity contribution >= 4 is 50.7 Å². The molecule has 1 saturated carbocycles. The predicted molar refractivity (Wildman–Crippen MR) is 154 cm³/mol. The summed E-state index contributed by atoms with van der Waals surface area (Å²) in [5.74, 6) is -0.734. The van der Waals surface area contributed by atoms with Crippen LogP contribution in [0.5, 0.6) is 0 Å². The Morgan fingerprint density at radius 3 is 2.24 bits per heavy atom. The molecular weight excluding hydrogens is 545 g/mol. The van der Waals surface area contributed by atoms with E-state index < -0.39 is 28.5 Å². The lowest BCUT2D eigenvalue weighted by Gasteiger charge is -2.34. The number of carbonyl (C=O) groups is 2. The third kappa shape index (κ3) is 8.10. The maximum atomic E-state index is 13.8. The fourth-order valence-corrected chi connectivity index (χ4v) is 6.13. The molecule has 38 heavy (non-hydrogen) atoms. The number of anilines is 1. The van der Waals surface area contributed by atoms with Gasteiger partial charge in [-0.3, -0.25) is 13.9 Å². The molecule has 208 valence electrons. The summed E-state index contributed by atoms with van der Waals surface area (Å²) in [7, 11) is -3.79. The number of hydrogen-bond acceptors (Lipinski definition) is 4. The summed E-state index contributed by atoms with van der Waals surface area (Å²) < 4.78 is 26.6. The van der Waals surface area contributed by atoms with Crippen molar-refractivity contribution in [1.29, 1.82) is 0 Å². The highest BCUT2D eigenvalue weighted by molar-refractivity contribution is 7.92. The lowest BCUT2D eigenvalue weighted by molar-refractivity contribution is -0.140. The summed E-state index contributed by atoms with van der Waals surface area (Å²) in [5, 5.41) is 3.95. The van der Waals surface area contributed by atoms with E-state index in [0.717, 1.165) is 54.6 Å². The second kappa shape index (κ2) is 13.7. The molecule has 0 saturated heterocycles. The summed E-state index contributed by atoms with van der Waals surface area (Å²) in [6.07, 6.45) is 7.34. The Morgan fingerprint density at radius 2 is 1.68 bits per heavy atom. The van der Waals surface area contributed by atoms with Gasteiger partial charge in [-0.2, -0.15) is 0 Å². The first-order valence-electron chi connectivity index (χ1n) is 13.1. The van der Waals surface area contributed by atoms with Gasteiger partial charge in [0.15, 0.2) is 0 Å². The van der Waals surface area contributed by atoms with Crippen LogP contribution in [0.2, 0.25) is 10.0 Å². The maximum absolute atomic E-state index is 13.8. The Balaban J connectivity index is 1.93. The molecule has 1 unspecified atom stereocenters. The Bertz CT molecular complexity index is 1220. The summed E-state index contributed by atoms with van der Waals surface area (Å²) in [6.45, 7) is 3.45. The van der Waals surface area contributed by atoms with Crippen LogP contribution in [0.1, 0.15) is 63.5 Å². The van der Waals surface area contributed by atoms with Gasteiger partial charge in [0, 0.05) is 22.6 Å². The van der Waals surface area contributed by atoms with Gasteiger partial charge in [-0.15, -0.1) is 0 Å². The molecule has 0 aliphatic heterocycles. The van der Waals surface area contributed by atoms with Crippen molar-refractivity contribution in [3.05, 3.63) is 63.6 Å². The van der Waals surface area contributed by atoms with Crippen LogP contribution in [0.3, 0.4) is 0 Å². The fourth-order valence-electron chi connectivity index (χ4n) is 4.81. The number of carbonyl (C=O) groups excluding carboxylic acids is 2. The number of rotatable bonds is 11. The van der Waals surface area contributed by atoms with Gasteiger partial charge < -0.3 is 10.2 Å². The Kier molecular flexibility index (Phi) is 10.9. The zero-order valence-electron chi connectivity index (χ0n) is 22.3. The first-order chi connectivity index (χ1) is 18.0. The first kappa shape index (κ1) is 30.3. The van der Waals surface area contributed by atoms with Gasteiger partial charge in [-0.05, 0) is 61.1 Å². The Morgan fingerprint density at radius 1 is 1.03 bits per heavy atom. The van der Waals surface area contributed by atoms with E-state index in [1.165, 1.54) is 4.90 Å². The predicted octanol–water partition coefficient (Wildman–Crippen LogP) is 5.58. The number of nitrogens with zero attached hydrogens (tertiary/aromatic N) is 2. The number of sulfonamides is 1. The number of nitrogens with one attached hydrogen (secondary N) is 1. The molecule has 2 amide bonds. The molecule has 0 aromatic heterocycles. The molecule has 0 radical (unpaired) electrons. The minimum absolute atomic E-state index is 0.0395. The minimum Gasteiger partial charge on any atom is -0.352 e. The first-order valence-corrected chi connectivity index (χ1v) is 15.7. The molecule has 1 aliphatic carbocycles. The standard InChI is InChI=1S/C28H37Cl2N3O4S/c1-4-20-11-15-24(16-12-20)33(38(3,36)37)19-27(34)32(18-21-13-14-22(29)17-25(21)30)26(5-2)28(35)31-23-9-7-6-8-10-23/h11-17,23,26H,4-10,18-19H2,1-3H3,(H,31,35). The van der Waals surface area contributed by atoms with Crippen molar-refractivity contribution < 1.29 is 18.0 Å². The van der Waals surface area contributed by atoms with Gasteiger partial charge in [-0.25, -0.2) is 8.42 Å². The van der Waals surface area contributed by atoms with Gasteiger partial charge in [0.05, 0.1) is 11.9 Å². The third-order valence-electron chi connectivity index (χ3n) is 7.01. The van der Waals surface area contributed by atoms with Crippen molar-refractivity contribution in [3.8, 4) is 0 Å². The van der Waals surface area contributed by atoms with Crippen LogP contribution >= 0.6 is 23.2 Å². The Hall–Kier alpha value is -2.29. The molecule has 0 bridgehead atoms. The molecule has 1 fully saturated rings. The molecule has 1 N–H and O–H groups in total. The molecular formula is C28H37Cl2N3O4S. The maximum Gasteiger partial charge on any atom is 0.244 e. The van der Waals surface area contributed by atoms with Crippen molar-refractivity contribution in [2.45, 2.75) is 77.4 Å². The second-order valence-corrected chi connectivity index (χ2v) is 12.6. The smallest absolute Gasteiger partial charge is 0.244 e. The monoisotopic (exact) mass is 581 g/mol. The summed E-state index contributed by atoms with van der Waals surface area (Å²) in [5.41, 5.74) is 2.06. The highest BCUT2D eigenvalue weighted by Crippen LogP contribution is 2.25. The minimum atomic E-state index is -3.79. The van der Waals surface area contributed by atoms with E-state index >= 15 is 0 Å². The van der Waals surface area contributed by atoms with Crippen molar-refractivity contribution in [2.75, 3.05) is 17.1 Å². The quantitative estimate of drug-likeness (QED) is 0.375. The topological polar surface area (TPSA) is 86.8 Å². The highest BCUT2D eigenvalue weighted by Gasteiger charge is 2.33. The lowest BCUT2D eigenvalue weighted by atomic mass is 9.95. The molecule has 7 nitrogen and oxygen atoms in total. The SMILES string of the molecule is CCc1ccc(N(CC(=O)N(Cc2ccc(Cl)cc2Cl)C(CC)C(=O)NC2CCCCC2)S(C)(=O)=O)cc1. The molecule has 1 aliphatic rings. The zero-order chi connectivity index (χ0) is 27.9. The van der Waals surface area contributed by atoms with Crippen LogP contribution in [-0.2, 0) is 32.6 Å². The van der Waals surface area contributed by atoms with E-state index in [-0.39, 0.29) is 18.5 Å². The van der Waals surface area contributed by atoms with E-state index in [4.69, 9.17) is 23.2 Å². The zero-order valence-corrected chi connectivity index (χ0v) is 24.6. The fraction of sp³-hybridized carbons (Fsp3) is 0.500. The van der Waals surface area contributed by atoms with Crippen molar-refractivity contribution in [2.24, 2.45) is 0 Å². The highest BCUT2D eigenvalue weighted by atomic mass is 35.5. The third-order valence-corrected chi connectivity index (χ3v) is 8.73. The molecule has 2 aromatic rings. The average Bonchev–Trinajstić information content (AvgIpc) is 2.88. The van der Waals surface area contributed by atoms with Gasteiger partial charge in [0.1, 0.15) is 12.6 Å². The molecule has 0 heterocycles.